The highest BCUT2D eigenvalue weighted by Gasteiger charge is 2.15. The Morgan fingerprint density at radius 1 is 0.927 bits per heavy atom. The standard InChI is InChI=1S/C17H23NO2.C14H22N2S.2CH2O/c1-8-18-13(5)17(11(2)3)14-10-16(20-7)15(19-6)9-12(14)4;1-4-10-16(11-5-2)14(17)15-13-8-6-12(3)7-9-13;2*1-2/h8-10H,1H2,2-7H3;6-9H,4-5,10-11H2,1-3H3,(H,15,17);2*1H2. The van der Waals surface area contributed by atoms with Crippen LogP contribution in [0, 0.1) is 13.8 Å². The van der Waals surface area contributed by atoms with Gasteiger partial charge in [0.2, 0.25) is 0 Å². The van der Waals surface area contributed by atoms with Crippen LogP contribution in [-0.4, -0.2) is 56.6 Å². The number of aryl methyl sites for hydroxylation is 2. The quantitative estimate of drug-likeness (QED) is 0.225. The number of nitrogens with zero attached hydrogens (tertiary/aromatic N) is 2. The maximum atomic E-state index is 8.00. The molecule has 2 rings (SSSR count). The number of aliphatic imine (C=N–C) groups is 1. The summed E-state index contributed by atoms with van der Waals surface area (Å²) in [5, 5.41) is 4.13. The molecule has 0 aliphatic rings. The Balaban J connectivity index is 0. The topological polar surface area (TPSA) is 80.2 Å². The van der Waals surface area contributed by atoms with Crippen LogP contribution in [0.5, 0.6) is 11.5 Å². The first-order valence-corrected chi connectivity index (χ1v) is 13.8. The number of hydrogen-bond acceptors (Lipinski definition) is 6. The Morgan fingerprint density at radius 2 is 1.41 bits per heavy atom. The minimum Gasteiger partial charge on any atom is -0.493 e. The second kappa shape index (κ2) is 23.0. The Bertz CT molecular complexity index is 1120. The number of nitrogens with one attached hydrogen (secondary N) is 1. The summed E-state index contributed by atoms with van der Waals surface area (Å²) >= 11 is 5.44. The maximum Gasteiger partial charge on any atom is 0.173 e. The van der Waals surface area contributed by atoms with E-state index in [0.29, 0.717) is 0 Å². The van der Waals surface area contributed by atoms with Gasteiger partial charge in [-0.3, -0.25) is 4.99 Å². The van der Waals surface area contributed by atoms with Gasteiger partial charge in [0.1, 0.15) is 13.6 Å². The van der Waals surface area contributed by atoms with Gasteiger partial charge in [0, 0.05) is 36.3 Å². The third kappa shape index (κ3) is 13.9. The van der Waals surface area contributed by atoms with Crippen molar-refractivity contribution in [1.82, 2.24) is 4.90 Å². The fourth-order valence-corrected chi connectivity index (χ4v) is 4.27. The van der Waals surface area contributed by atoms with Crippen molar-refractivity contribution in [3.05, 3.63) is 71.4 Å². The lowest BCUT2D eigenvalue weighted by atomic mass is 9.93. The number of allylic oxidation sites excluding steroid dienone is 2. The summed E-state index contributed by atoms with van der Waals surface area (Å²) in [6, 6.07) is 12.3. The van der Waals surface area contributed by atoms with Crippen LogP contribution in [-0.2, 0) is 9.59 Å². The van der Waals surface area contributed by atoms with E-state index in [2.05, 4.69) is 87.6 Å². The number of ether oxygens (including phenoxy) is 2. The minimum atomic E-state index is 0.721. The molecule has 0 fully saturated rings. The van der Waals surface area contributed by atoms with E-state index in [-0.39, 0.29) is 0 Å². The molecule has 2 aromatic carbocycles. The van der Waals surface area contributed by atoms with Crippen molar-refractivity contribution >= 4 is 47.9 Å². The lowest BCUT2D eigenvalue weighted by Gasteiger charge is -2.24. The fraction of sp³-hybridized carbons (Fsp3) is 0.394. The van der Waals surface area contributed by atoms with Crippen LogP contribution in [0.3, 0.4) is 0 Å². The molecule has 226 valence electrons. The predicted octanol–water partition coefficient (Wildman–Crippen LogP) is 7.85. The normalized spacial score (nSPS) is 9.73. The van der Waals surface area contributed by atoms with Gasteiger partial charge < -0.3 is 29.3 Å². The fourth-order valence-electron chi connectivity index (χ4n) is 3.97. The number of anilines is 1. The molecule has 0 saturated heterocycles. The molecule has 2 aromatic rings. The molecular formula is C33H49N3O4S. The molecule has 0 aliphatic heterocycles. The molecule has 0 aromatic heterocycles. The third-order valence-electron chi connectivity index (χ3n) is 5.72. The Hall–Kier alpha value is -3.78. The molecule has 0 saturated carbocycles. The van der Waals surface area contributed by atoms with Crippen LogP contribution in [0.4, 0.5) is 5.69 Å². The van der Waals surface area contributed by atoms with Crippen molar-refractivity contribution in [3.63, 3.8) is 0 Å². The van der Waals surface area contributed by atoms with Crippen LogP contribution in [0.15, 0.2) is 59.7 Å². The zero-order valence-electron chi connectivity index (χ0n) is 26.4. The first-order chi connectivity index (χ1) is 19.6. The van der Waals surface area contributed by atoms with Crippen molar-refractivity contribution in [2.45, 2.75) is 61.3 Å². The highest BCUT2D eigenvalue weighted by Crippen LogP contribution is 2.34. The van der Waals surface area contributed by atoms with Gasteiger partial charge in [0.15, 0.2) is 16.6 Å². The summed E-state index contributed by atoms with van der Waals surface area (Å²) < 4.78 is 10.7. The summed E-state index contributed by atoms with van der Waals surface area (Å²) in [6.45, 7) is 24.3. The van der Waals surface area contributed by atoms with Gasteiger partial charge >= 0.3 is 0 Å². The highest BCUT2D eigenvalue weighted by atomic mass is 32.1. The number of rotatable bonds is 10. The first-order valence-electron chi connectivity index (χ1n) is 13.4. The SMILES string of the molecule is C=CN=C(C)C(=C(C)C)c1cc(OC)c(OC)cc1C.C=O.C=O.CCCN(CCC)C(=S)Nc1ccc(C)cc1. The summed E-state index contributed by atoms with van der Waals surface area (Å²) in [7, 11) is 3.28. The maximum absolute atomic E-state index is 8.00. The van der Waals surface area contributed by atoms with E-state index < -0.39 is 0 Å². The lowest BCUT2D eigenvalue weighted by Crippen LogP contribution is -2.35. The molecule has 0 bridgehead atoms. The zero-order valence-corrected chi connectivity index (χ0v) is 27.2. The van der Waals surface area contributed by atoms with Crippen LogP contribution in [0.25, 0.3) is 5.57 Å². The lowest BCUT2D eigenvalue weighted by molar-refractivity contribution is -0.0987. The molecule has 7 nitrogen and oxygen atoms in total. The largest absolute Gasteiger partial charge is 0.493 e. The molecule has 0 amide bonds. The van der Waals surface area contributed by atoms with Crippen molar-refractivity contribution < 1.29 is 19.1 Å². The monoisotopic (exact) mass is 583 g/mol. The molecule has 1 N–H and O–H groups in total. The van der Waals surface area contributed by atoms with Gasteiger partial charge in [0.25, 0.3) is 0 Å². The number of carbonyl (C=O) groups is 2. The molecule has 0 radical (unpaired) electrons. The number of thiocarbonyl (C=S) groups is 1. The van der Waals surface area contributed by atoms with E-state index in [0.717, 1.165) is 70.6 Å². The summed E-state index contributed by atoms with van der Waals surface area (Å²) in [5.41, 5.74) is 7.81. The number of methoxy groups -OCH3 is 2. The summed E-state index contributed by atoms with van der Waals surface area (Å²) in [6.07, 6.45) is 3.81. The third-order valence-corrected chi connectivity index (χ3v) is 6.08. The van der Waals surface area contributed by atoms with Gasteiger partial charge in [-0.05, 0) is 95.1 Å². The second-order valence-electron chi connectivity index (χ2n) is 9.08. The van der Waals surface area contributed by atoms with E-state index >= 15 is 0 Å². The first kappa shape index (κ1) is 39.4. The van der Waals surface area contributed by atoms with E-state index in [1.807, 2.05) is 32.6 Å². The molecule has 0 aliphatic carbocycles. The van der Waals surface area contributed by atoms with E-state index in [1.54, 1.807) is 20.4 Å². The summed E-state index contributed by atoms with van der Waals surface area (Å²) in [5.74, 6) is 1.46. The van der Waals surface area contributed by atoms with Crippen molar-refractivity contribution in [2.75, 3.05) is 32.6 Å². The van der Waals surface area contributed by atoms with Gasteiger partial charge in [0.05, 0.1) is 14.2 Å². The summed E-state index contributed by atoms with van der Waals surface area (Å²) in [4.78, 5) is 22.5. The van der Waals surface area contributed by atoms with E-state index in [9.17, 15) is 0 Å². The van der Waals surface area contributed by atoms with Crippen LogP contribution in [0.1, 0.15) is 64.2 Å². The molecule has 0 unspecified atom stereocenters. The number of carbonyl (C=O) groups excluding carboxylic acids is 2. The zero-order chi connectivity index (χ0) is 32.0. The van der Waals surface area contributed by atoms with Crippen LogP contribution < -0.4 is 14.8 Å². The van der Waals surface area contributed by atoms with Crippen molar-refractivity contribution in [2.24, 2.45) is 4.99 Å². The van der Waals surface area contributed by atoms with Gasteiger partial charge in [-0.1, -0.05) is 43.7 Å². The second-order valence-corrected chi connectivity index (χ2v) is 9.46. The van der Waals surface area contributed by atoms with E-state index in [4.69, 9.17) is 31.3 Å². The Labute approximate surface area is 253 Å². The van der Waals surface area contributed by atoms with Gasteiger partial charge in [-0.25, -0.2) is 0 Å². The van der Waals surface area contributed by atoms with E-state index in [1.165, 1.54) is 11.1 Å². The predicted molar refractivity (Wildman–Crippen MR) is 180 cm³/mol. The Morgan fingerprint density at radius 3 is 1.83 bits per heavy atom. The number of hydrogen-bond donors (Lipinski definition) is 1. The Kier molecular flexibility index (Phi) is 22.1. The molecular weight excluding hydrogens is 534 g/mol. The van der Waals surface area contributed by atoms with Crippen molar-refractivity contribution in [3.8, 4) is 11.5 Å². The van der Waals surface area contributed by atoms with Gasteiger partial charge in [-0.2, -0.15) is 0 Å². The molecule has 0 heterocycles. The molecule has 0 spiro atoms. The smallest absolute Gasteiger partial charge is 0.173 e. The van der Waals surface area contributed by atoms with Crippen LogP contribution >= 0.6 is 12.2 Å². The highest BCUT2D eigenvalue weighted by molar-refractivity contribution is 7.80. The number of benzene rings is 2. The van der Waals surface area contributed by atoms with Gasteiger partial charge in [-0.15, -0.1) is 0 Å². The molecule has 0 atom stereocenters. The molecule has 8 heteroatoms. The minimum absolute atomic E-state index is 0.721. The average molecular weight is 584 g/mol. The molecule has 41 heavy (non-hydrogen) atoms. The van der Waals surface area contributed by atoms with Crippen molar-refractivity contribution in [1.29, 1.82) is 0 Å². The van der Waals surface area contributed by atoms with Crippen LogP contribution in [0.2, 0.25) is 0 Å². The average Bonchev–Trinajstić information content (AvgIpc) is 2.97.